The van der Waals surface area contributed by atoms with Crippen LogP contribution in [0.5, 0.6) is 0 Å². The second-order valence-corrected chi connectivity index (χ2v) is 11.2. The summed E-state index contributed by atoms with van der Waals surface area (Å²) in [5.74, 6) is -1.84. The molecule has 0 bridgehead atoms. The lowest BCUT2D eigenvalue weighted by Gasteiger charge is -2.43. The first kappa shape index (κ1) is 26.7. The number of esters is 1. The number of nitrogens with one attached hydrogen (secondary N) is 1. The zero-order chi connectivity index (χ0) is 25.8. The van der Waals surface area contributed by atoms with E-state index in [4.69, 9.17) is 4.74 Å². The zero-order valence-corrected chi connectivity index (χ0v) is 21.4. The Labute approximate surface area is 209 Å². The molecule has 2 aliphatic rings. The van der Waals surface area contributed by atoms with Crippen LogP contribution in [0.15, 0.2) is 30.3 Å². The summed E-state index contributed by atoms with van der Waals surface area (Å²) < 4.78 is 5.52. The summed E-state index contributed by atoms with van der Waals surface area (Å²) in [6.45, 7) is 6.93. The average molecular weight is 504 g/mol. The quantitative estimate of drug-likeness (QED) is 0.592. The first-order valence-corrected chi connectivity index (χ1v) is 12.7. The lowest BCUT2D eigenvalue weighted by atomic mass is 10.1. The monoisotopic (exact) mass is 503 g/mol. The van der Waals surface area contributed by atoms with Crippen LogP contribution in [0.25, 0.3) is 0 Å². The minimum absolute atomic E-state index is 0.0530. The number of fused-ring (bicyclic) bond motifs is 1. The molecule has 2 heterocycles. The van der Waals surface area contributed by atoms with Crippen molar-refractivity contribution in [1.29, 1.82) is 0 Å². The van der Waals surface area contributed by atoms with Gasteiger partial charge >= 0.3 is 5.97 Å². The van der Waals surface area contributed by atoms with Gasteiger partial charge in [0.15, 0.2) is 11.2 Å². The molecular formula is C25H33N3O6S. The van der Waals surface area contributed by atoms with Crippen molar-refractivity contribution in [2.75, 3.05) is 6.54 Å². The number of thioether (sulfide) groups is 1. The van der Waals surface area contributed by atoms with Gasteiger partial charge in [0, 0.05) is 19.9 Å². The number of hydrogen-bond donors (Lipinski definition) is 1. The van der Waals surface area contributed by atoms with E-state index in [1.807, 2.05) is 30.3 Å². The Morgan fingerprint density at radius 3 is 2.46 bits per heavy atom. The van der Waals surface area contributed by atoms with E-state index in [-0.39, 0.29) is 23.9 Å². The van der Waals surface area contributed by atoms with Crippen molar-refractivity contribution in [1.82, 2.24) is 15.3 Å². The van der Waals surface area contributed by atoms with Crippen molar-refractivity contribution in [3.8, 4) is 0 Å². The summed E-state index contributed by atoms with van der Waals surface area (Å²) in [6, 6.07) is 7.37. The molecule has 2 fully saturated rings. The molecule has 0 radical (unpaired) electrons. The number of nitrogens with zero attached hydrogens (tertiary/aromatic N) is 2. The number of rotatable bonds is 6. The van der Waals surface area contributed by atoms with E-state index in [0.717, 1.165) is 17.3 Å². The molecule has 0 saturated carbocycles. The largest absolute Gasteiger partial charge is 0.458 e. The first-order valence-electron chi connectivity index (χ1n) is 11.8. The van der Waals surface area contributed by atoms with Gasteiger partial charge in [0.2, 0.25) is 11.8 Å². The Morgan fingerprint density at radius 2 is 1.83 bits per heavy atom. The highest BCUT2D eigenvalue weighted by atomic mass is 32.2. The smallest absolute Gasteiger partial charge is 0.331 e. The second kappa shape index (κ2) is 11.2. The van der Waals surface area contributed by atoms with Gasteiger partial charge in [0.1, 0.15) is 11.6 Å². The molecule has 10 heteroatoms. The minimum atomic E-state index is -0.995. The van der Waals surface area contributed by atoms with Crippen molar-refractivity contribution in [2.45, 2.75) is 82.7 Å². The minimum Gasteiger partial charge on any atom is -0.458 e. The summed E-state index contributed by atoms with van der Waals surface area (Å²) in [6.07, 6.45) is 1.40. The summed E-state index contributed by atoms with van der Waals surface area (Å²) in [4.78, 5) is 64.3. The van der Waals surface area contributed by atoms with Crippen LogP contribution < -0.4 is 5.32 Å². The Kier molecular flexibility index (Phi) is 8.58. The molecule has 3 rings (SSSR count). The normalized spacial score (nSPS) is 21.6. The highest BCUT2D eigenvalue weighted by Gasteiger charge is 2.46. The third-order valence-corrected chi connectivity index (χ3v) is 6.72. The SMILES string of the molecule is CC(=O)S[C@H](Cc1ccccc1)C(=O)N[C@@H]1CCC(=O)N2CCC[C@H](C(=O)OC(C)(C)C)N2C1=O. The Hall–Kier alpha value is -2.88. The summed E-state index contributed by atoms with van der Waals surface area (Å²) in [7, 11) is 0. The third-order valence-electron chi connectivity index (χ3n) is 5.72. The number of benzene rings is 1. The highest BCUT2D eigenvalue weighted by Crippen LogP contribution is 2.27. The van der Waals surface area contributed by atoms with Crippen molar-refractivity contribution < 1.29 is 28.7 Å². The molecule has 3 atom stereocenters. The molecule has 9 nitrogen and oxygen atoms in total. The van der Waals surface area contributed by atoms with Crippen molar-refractivity contribution in [2.24, 2.45) is 0 Å². The molecule has 0 aromatic heterocycles. The lowest BCUT2D eigenvalue weighted by Crippen LogP contribution is -2.63. The molecular weight excluding hydrogens is 470 g/mol. The molecule has 0 aliphatic carbocycles. The van der Waals surface area contributed by atoms with Gasteiger partial charge < -0.3 is 10.1 Å². The van der Waals surface area contributed by atoms with Crippen LogP contribution in [0.3, 0.4) is 0 Å². The maximum absolute atomic E-state index is 13.6. The molecule has 1 aromatic carbocycles. The standard InChI is InChI=1S/C25H33N3O6S/c1-16(29)35-20(15-17-9-6-5-7-10-17)22(31)26-18-12-13-21(30)27-14-8-11-19(28(27)23(18)32)24(33)34-25(2,3)4/h5-7,9-10,18-20H,8,11-15H2,1-4H3,(H,26,31)/t18-,19-,20-/m1/s1. The van der Waals surface area contributed by atoms with E-state index in [9.17, 15) is 24.0 Å². The molecule has 0 unspecified atom stereocenters. The van der Waals surface area contributed by atoms with Crippen LogP contribution in [0, 0.1) is 0 Å². The van der Waals surface area contributed by atoms with E-state index in [1.165, 1.54) is 16.9 Å². The molecule has 3 amide bonds. The second-order valence-electron chi connectivity index (χ2n) is 9.78. The molecule has 0 spiro atoms. The van der Waals surface area contributed by atoms with Gasteiger partial charge in [0.05, 0.1) is 5.25 Å². The highest BCUT2D eigenvalue weighted by molar-refractivity contribution is 8.14. The van der Waals surface area contributed by atoms with Gasteiger partial charge in [-0.15, -0.1) is 0 Å². The number of amides is 3. The fraction of sp³-hybridized carbons (Fsp3) is 0.560. The maximum atomic E-state index is 13.6. The van der Waals surface area contributed by atoms with Crippen molar-refractivity contribution in [3.63, 3.8) is 0 Å². The molecule has 2 saturated heterocycles. The predicted molar refractivity (Wildman–Crippen MR) is 131 cm³/mol. The van der Waals surface area contributed by atoms with E-state index in [0.29, 0.717) is 25.8 Å². The molecule has 1 aromatic rings. The van der Waals surface area contributed by atoms with Crippen LogP contribution in [0.2, 0.25) is 0 Å². The number of ether oxygens (including phenoxy) is 1. The van der Waals surface area contributed by atoms with Gasteiger partial charge in [-0.1, -0.05) is 42.1 Å². The van der Waals surface area contributed by atoms with Crippen LogP contribution in [-0.4, -0.2) is 68.3 Å². The zero-order valence-electron chi connectivity index (χ0n) is 20.6. The van der Waals surface area contributed by atoms with Crippen LogP contribution in [0.4, 0.5) is 0 Å². The average Bonchev–Trinajstić information content (AvgIpc) is 2.90. The first-order chi connectivity index (χ1) is 16.5. The number of carbonyl (C=O) groups excluding carboxylic acids is 5. The Morgan fingerprint density at radius 1 is 1.14 bits per heavy atom. The van der Waals surface area contributed by atoms with E-state index >= 15 is 0 Å². The molecule has 2 aliphatic heterocycles. The van der Waals surface area contributed by atoms with Gasteiger partial charge in [-0.05, 0) is 52.0 Å². The van der Waals surface area contributed by atoms with Crippen LogP contribution in [0.1, 0.15) is 58.9 Å². The summed E-state index contributed by atoms with van der Waals surface area (Å²) in [5, 5.41) is 4.31. The third kappa shape index (κ3) is 7.06. The van der Waals surface area contributed by atoms with Crippen molar-refractivity contribution in [3.05, 3.63) is 35.9 Å². The summed E-state index contributed by atoms with van der Waals surface area (Å²) >= 11 is 0.905. The van der Waals surface area contributed by atoms with Gasteiger partial charge in [0.25, 0.3) is 5.91 Å². The Bertz CT molecular complexity index is 977. The molecule has 190 valence electrons. The predicted octanol–water partition coefficient (Wildman–Crippen LogP) is 2.23. The van der Waals surface area contributed by atoms with Gasteiger partial charge in [-0.25, -0.2) is 9.80 Å². The summed E-state index contributed by atoms with van der Waals surface area (Å²) in [5.41, 5.74) is 0.136. The Balaban J connectivity index is 1.81. The topological polar surface area (TPSA) is 113 Å². The van der Waals surface area contributed by atoms with E-state index < -0.39 is 40.7 Å². The molecule has 35 heavy (non-hydrogen) atoms. The van der Waals surface area contributed by atoms with Crippen LogP contribution in [-0.2, 0) is 35.1 Å². The van der Waals surface area contributed by atoms with Gasteiger partial charge in [-0.3, -0.25) is 24.2 Å². The molecule has 1 N–H and O–H groups in total. The maximum Gasteiger partial charge on any atom is 0.331 e. The van der Waals surface area contributed by atoms with Gasteiger partial charge in [-0.2, -0.15) is 0 Å². The van der Waals surface area contributed by atoms with E-state index in [2.05, 4.69) is 5.32 Å². The fourth-order valence-corrected chi connectivity index (χ4v) is 5.08. The number of hydrogen-bond acceptors (Lipinski definition) is 7. The fourth-order valence-electron chi connectivity index (χ4n) is 4.23. The van der Waals surface area contributed by atoms with E-state index in [1.54, 1.807) is 20.8 Å². The van der Waals surface area contributed by atoms with Crippen LogP contribution >= 0.6 is 11.8 Å². The number of carbonyl (C=O) groups is 5. The lowest BCUT2D eigenvalue weighted by molar-refractivity contribution is -0.187. The number of hydrazine groups is 1. The van der Waals surface area contributed by atoms with Crippen molar-refractivity contribution >= 4 is 40.6 Å².